The van der Waals surface area contributed by atoms with Crippen LogP contribution in [-0.4, -0.2) is 29.8 Å². The molecule has 4 nitrogen and oxygen atoms in total. The molecule has 0 aliphatic heterocycles. The fraction of sp³-hybridized carbons (Fsp3) is 0.250. The highest BCUT2D eigenvalue weighted by atomic mass is 19.4. The van der Waals surface area contributed by atoms with E-state index >= 15 is 0 Å². The van der Waals surface area contributed by atoms with E-state index in [0.29, 0.717) is 11.0 Å². The van der Waals surface area contributed by atoms with Gasteiger partial charge in [-0.1, -0.05) is 18.2 Å². The van der Waals surface area contributed by atoms with Gasteiger partial charge in [0.2, 0.25) is 0 Å². The highest BCUT2D eigenvalue weighted by Crippen LogP contribution is 2.20. The van der Waals surface area contributed by atoms with Gasteiger partial charge >= 0.3 is 6.18 Å². The Hall–Kier alpha value is -2.02. The number of rotatable bonds is 3. The number of furan rings is 1. The summed E-state index contributed by atoms with van der Waals surface area (Å²) in [6.07, 6.45) is -7.36. The summed E-state index contributed by atoms with van der Waals surface area (Å²) in [5.74, 6) is -0.907. The molecule has 1 atom stereocenters. The Morgan fingerprint density at radius 2 is 2.05 bits per heavy atom. The van der Waals surface area contributed by atoms with Crippen LogP contribution < -0.4 is 5.32 Å². The quantitative estimate of drug-likeness (QED) is 0.900. The number of benzene rings is 1. The molecule has 1 unspecified atom stereocenters. The highest BCUT2D eigenvalue weighted by Gasteiger charge is 2.38. The van der Waals surface area contributed by atoms with Crippen LogP contribution in [0.4, 0.5) is 13.2 Å². The molecule has 1 aromatic carbocycles. The Balaban J connectivity index is 2.04. The van der Waals surface area contributed by atoms with Gasteiger partial charge in [0, 0.05) is 5.39 Å². The third-order valence-corrected chi connectivity index (χ3v) is 2.48. The van der Waals surface area contributed by atoms with Crippen molar-refractivity contribution in [3.05, 3.63) is 36.1 Å². The topological polar surface area (TPSA) is 62.5 Å². The number of carbonyl (C=O) groups excluding carboxylic acids is 1. The maximum absolute atomic E-state index is 12.0. The fourth-order valence-corrected chi connectivity index (χ4v) is 1.49. The summed E-state index contributed by atoms with van der Waals surface area (Å²) < 4.78 is 41.3. The number of aliphatic hydroxyl groups excluding tert-OH is 1. The monoisotopic (exact) mass is 273 g/mol. The zero-order valence-corrected chi connectivity index (χ0v) is 9.57. The van der Waals surface area contributed by atoms with Crippen LogP contribution in [0.1, 0.15) is 10.6 Å². The van der Waals surface area contributed by atoms with Crippen molar-refractivity contribution in [2.75, 3.05) is 6.54 Å². The van der Waals surface area contributed by atoms with Crippen LogP contribution in [-0.2, 0) is 0 Å². The Kier molecular flexibility index (Phi) is 3.48. The zero-order chi connectivity index (χ0) is 14.0. The van der Waals surface area contributed by atoms with Crippen LogP contribution in [0.15, 0.2) is 34.7 Å². The number of aliphatic hydroxyl groups is 1. The Labute approximate surface area is 105 Å². The summed E-state index contributed by atoms with van der Waals surface area (Å²) in [5, 5.41) is 11.4. The first-order chi connectivity index (χ1) is 8.88. The molecule has 2 rings (SSSR count). The Morgan fingerprint density at radius 3 is 2.68 bits per heavy atom. The van der Waals surface area contributed by atoms with E-state index in [2.05, 4.69) is 0 Å². The standard InChI is InChI=1S/C12H10F3NO3/c13-12(14,15)10(17)6-16-11(18)9-5-7-3-1-2-4-8(7)19-9/h1-5,10,17H,6H2,(H,16,18). The molecule has 0 fully saturated rings. The number of amides is 1. The second-order valence-electron chi connectivity index (χ2n) is 3.92. The van der Waals surface area contributed by atoms with Crippen molar-refractivity contribution in [2.45, 2.75) is 12.3 Å². The molecule has 0 radical (unpaired) electrons. The van der Waals surface area contributed by atoms with Crippen LogP contribution in [0.2, 0.25) is 0 Å². The molecule has 0 aliphatic carbocycles. The summed E-state index contributed by atoms with van der Waals surface area (Å²) in [4.78, 5) is 11.6. The predicted octanol–water partition coefficient (Wildman–Crippen LogP) is 2.09. The van der Waals surface area contributed by atoms with Crippen molar-refractivity contribution in [2.24, 2.45) is 0 Å². The van der Waals surface area contributed by atoms with Gasteiger partial charge in [-0.15, -0.1) is 0 Å². The van der Waals surface area contributed by atoms with Crippen LogP contribution in [0.5, 0.6) is 0 Å². The third kappa shape index (κ3) is 3.05. The van der Waals surface area contributed by atoms with Crippen molar-refractivity contribution in [3.63, 3.8) is 0 Å². The summed E-state index contributed by atoms with van der Waals surface area (Å²) >= 11 is 0. The van der Waals surface area contributed by atoms with E-state index in [4.69, 9.17) is 9.52 Å². The summed E-state index contributed by atoms with van der Waals surface area (Å²) in [7, 11) is 0. The smallest absolute Gasteiger partial charge is 0.416 e. The number of carbonyl (C=O) groups is 1. The molecule has 0 aliphatic rings. The molecule has 0 saturated heterocycles. The van der Waals surface area contributed by atoms with Crippen LogP contribution in [0, 0.1) is 0 Å². The number of nitrogens with one attached hydrogen (secondary N) is 1. The number of hydrogen-bond acceptors (Lipinski definition) is 3. The normalized spacial score (nSPS) is 13.5. The van der Waals surface area contributed by atoms with Gasteiger partial charge in [0.05, 0.1) is 6.54 Å². The lowest BCUT2D eigenvalue weighted by atomic mass is 10.2. The van der Waals surface area contributed by atoms with E-state index in [1.165, 1.54) is 6.07 Å². The Bertz CT molecular complexity index is 558. The maximum Gasteiger partial charge on any atom is 0.416 e. The van der Waals surface area contributed by atoms with Crippen molar-refractivity contribution < 1.29 is 27.5 Å². The lowest BCUT2D eigenvalue weighted by molar-refractivity contribution is -0.201. The molecule has 19 heavy (non-hydrogen) atoms. The van der Waals surface area contributed by atoms with E-state index < -0.39 is 24.7 Å². The van der Waals surface area contributed by atoms with Crippen LogP contribution in [0.3, 0.4) is 0 Å². The molecule has 2 aromatic rings. The lowest BCUT2D eigenvalue weighted by Gasteiger charge is -2.14. The van der Waals surface area contributed by atoms with E-state index in [-0.39, 0.29) is 5.76 Å². The first-order valence-corrected chi connectivity index (χ1v) is 5.39. The molecule has 7 heteroatoms. The number of alkyl halides is 3. The second kappa shape index (κ2) is 4.93. The van der Waals surface area contributed by atoms with Crippen molar-refractivity contribution in [3.8, 4) is 0 Å². The predicted molar refractivity (Wildman–Crippen MR) is 60.6 cm³/mol. The molecule has 1 amide bonds. The lowest BCUT2D eigenvalue weighted by Crippen LogP contribution is -2.40. The number of hydrogen-bond donors (Lipinski definition) is 2. The molecule has 0 saturated carbocycles. The van der Waals surface area contributed by atoms with E-state index in [9.17, 15) is 18.0 Å². The third-order valence-electron chi connectivity index (χ3n) is 2.48. The molecular formula is C12H10F3NO3. The molecule has 2 N–H and O–H groups in total. The minimum absolute atomic E-state index is 0.101. The number of para-hydroxylation sites is 1. The van der Waals surface area contributed by atoms with E-state index in [0.717, 1.165) is 0 Å². The Morgan fingerprint density at radius 1 is 1.37 bits per heavy atom. The largest absolute Gasteiger partial charge is 0.451 e. The van der Waals surface area contributed by atoms with Gasteiger partial charge in [-0.25, -0.2) is 0 Å². The maximum atomic E-state index is 12.0. The average Bonchev–Trinajstić information content (AvgIpc) is 2.78. The summed E-state index contributed by atoms with van der Waals surface area (Å²) in [6, 6.07) is 8.22. The minimum atomic E-state index is -4.76. The number of fused-ring (bicyclic) bond motifs is 1. The van der Waals surface area contributed by atoms with Crippen molar-refractivity contribution in [1.82, 2.24) is 5.32 Å². The highest BCUT2D eigenvalue weighted by molar-refractivity contribution is 5.96. The average molecular weight is 273 g/mol. The second-order valence-corrected chi connectivity index (χ2v) is 3.92. The molecule has 0 spiro atoms. The van der Waals surface area contributed by atoms with Gasteiger partial charge in [0.15, 0.2) is 11.9 Å². The number of halogens is 3. The molecule has 102 valence electrons. The van der Waals surface area contributed by atoms with Gasteiger partial charge in [-0.3, -0.25) is 4.79 Å². The van der Waals surface area contributed by atoms with Gasteiger partial charge in [0.25, 0.3) is 5.91 Å². The van der Waals surface area contributed by atoms with Gasteiger partial charge < -0.3 is 14.8 Å². The minimum Gasteiger partial charge on any atom is -0.451 e. The SMILES string of the molecule is O=C(NCC(O)C(F)(F)F)c1cc2ccccc2o1. The molecular weight excluding hydrogens is 263 g/mol. The first kappa shape index (κ1) is 13.4. The van der Waals surface area contributed by atoms with Crippen LogP contribution in [0.25, 0.3) is 11.0 Å². The van der Waals surface area contributed by atoms with Gasteiger partial charge in [0.1, 0.15) is 5.58 Å². The summed E-state index contributed by atoms with van der Waals surface area (Å²) in [5.41, 5.74) is 0.462. The molecule has 1 heterocycles. The molecule has 0 bridgehead atoms. The summed E-state index contributed by atoms with van der Waals surface area (Å²) in [6.45, 7) is -0.917. The van der Waals surface area contributed by atoms with Gasteiger partial charge in [-0.2, -0.15) is 13.2 Å². The van der Waals surface area contributed by atoms with Gasteiger partial charge in [-0.05, 0) is 12.1 Å². The van der Waals surface area contributed by atoms with E-state index in [1.807, 2.05) is 5.32 Å². The van der Waals surface area contributed by atoms with Crippen molar-refractivity contribution >= 4 is 16.9 Å². The van der Waals surface area contributed by atoms with E-state index in [1.54, 1.807) is 24.3 Å². The van der Waals surface area contributed by atoms with Crippen LogP contribution >= 0.6 is 0 Å². The first-order valence-electron chi connectivity index (χ1n) is 5.39. The fourth-order valence-electron chi connectivity index (χ4n) is 1.49. The van der Waals surface area contributed by atoms with Crippen molar-refractivity contribution in [1.29, 1.82) is 0 Å². The zero-order valence-electron chi connectivity index (χ0n) is 9.57. The molecule has 1 aromatic heterocycles.